The Hall–Kier alpha value is -3.42. The van der Waals surface area contributed by atoms with Crippen LogP contribution in [0.1, 0.15) is 5.56 Å². The largest absolute Gasteiger partial charge is 0.507 e. The maximum absolute atomic E-state index is 12.7. The van der Waals surface area contributed by atoms with E-state index in [0.717, 1.165) is 0 Å². The van der Waals surface area contributed by atoms with E-state index in [1.165, 1.54) is 36.5 Å². The van der Waals surface area contributed by atoms with Gasteiger partial charge >= 0.3 is 6.03 Å². The van der Waals surface area contributed by atoms with Crippen LogP contribution in [0.2, 0.25) is 0 Å². The number of phenolic OH excluding ortho intramolecular Hbond substituents is 1. The lowest BCUT2D eigenvalue weighted by Crippen LogP contribution is -2.37. The van der Waals surface area contributed by atoms with Crippen LogP contribution in [0.25, 0.3) is 0 Å². The predicted molar refractivity (Wildman–Crippen MR) is 87.3 cm³/mol. The molecule has 0 spiro atoms. The summed E-state index contributed by atoms with van der Waals surface area (Å²) in [7, 11) is 0. The van der Waals surface area contributed by atoms with E-state index in [2.05, 4.69) is 21.2 Å². The van der Waals surface area contributed by atoms with Gasteiger partial charge in [0.05, 0.1) is 6.21 Å². The number of para-hydroxylation sites is 1. The number of nitrogens with zero attached hydrogens (tertiary/aromatic N) is 1. The van der Waals surface area contributed by atoms with Crippen LogP contribution < -0.4 is 16.1 Å². The second-order valence-electron chi connectivity index (χ2n) is 4.67. The van der Waals surface area contributed by atoms with E-state index in [1.54, 1.807) is 18.2 Å². The van der Waals surface area contributed by atoms with Crippen LogP contribution in [0.15, 0.2) is 53.6 Å². The van der Waals surface area contributed by atoms with Crippen LogP contribution in [0.5, 0.6) is 5.75 Å². The van der Waals surface area contributed by atoms with Gasteiger partial charge in [-0.15, -0.1) is 0 Å². The molecule has 0 radical (unpaired) electrons. The zero-order valence-corrected chi connectivity index (χ0v) is 12.5. The van der Waals surface area contributed by atoms with Crippen LogP contribution in [0.3, 0.4) is 0 Å². The number of carbonyl (C=O) groups is 2. The van der Waals surface area contributed by atoms with Crippen molar-refractivity contribution < 1.29 is 19.1 Å². The number of benzene rings is 2. The fraction of sp³-hybridized carbons (Fsp3) is 0.0625. The molecule has 0 fully saturated rings. The van der Waals surface area contributed by atoms with Crippen LogP contribution in [0, 0.1) is 5.82 Å². The van der Waals surface area contributed by atoms with Crippen molar-refractivity contribution in [2.75, 3.05) is 11.9 Å². The van der Waals surface area contributed by atoms with Crippen LogP contribution in [-0.4, -0.2) is 29.8 Å². The Morgan fingerprint density at radius 2 is 1.83 bits per heavy atom. The normalized spacial score (nSPS) is 10.4. The summed E-state index contributed by atoms with van der Waals surface area (Å²) in [5.41, 5.74) is 3.05. The first-order valence-electron chi connectivity index (χ1n) is 6.95. The van der Waals surface area contributed by atoms with Gasteiger partial charge in [-0.05, 0) is 36.4 Å². The number of hydrogen-bond acceptors (Lipinski definition) is 4. The number of rotatable bonds is 5. The van der Waals surface area contributed by atoms with E-state index >= 15 is 0 Å². The van der Waals surface area contributed by atoms with Gasteiger partial charge in [0.2, 0.25) is 0 Å². The van der Waals surface area contributed by atoms with Gasteiger partial charge in [-0.1, -0.05) is 12.1 Å². The van der Waals surface area contributed by atoms with Crippen molar-refractivity contribution in [2.24, 2.45) is 5.10 Å². The molecule has 7 nitrogen and oxygen atoms in total. The summed E-state index contributed by atoms with van der Waals surface area (Å²) in [6.07, 6.45) is 1.28. The predicted octanol–water partition coefficient (Wildman–Crippen LogP) is 1.80. The fourth-order valence-electron chi connectivity index (χ4n) is 1.68. The zero-order chi connectivity index (χ0) is 17.4. The zero-order valence-electron chi connectivity index (χ0n) is 12.5. The molecule has 2 aromatic carbocycles. The third-order valence-electron chi connectivity index (χ3n) is 2.84. The van der Waals surface area contributed by atoms with E-state index in [4.69, 9.17) is 0 Å². The molecule has 124 valence electrons. The Kier molecular flexibility index (Phi) is 5.84. The van der Waals surface area contributed by atoms with Crippen molar-refractivity contribution in [3.63, 3.8) is 0 Å². The minimum Gasteiger partial charge on any atom is -0.507 e. The summed E-state index contributed by atoms with van der Waals surface area (Å²) in [5.74, 6) is -0.925. The molecule has 0 aliphatic carbocycles. The highest BCUT2D eigenvalue weighted by Crippen LogP contribution is 2.12. The Labute approximate surface area is 137 Å². The van der Waals surface area contributed by atoms with Gasteiger partial charge in [0.1, 0.15) is 18.1 Å². The van der Waals surface area contributed by atoms with Gasteiger partial charge in [0.25, 0.3) is 5.91 Å². The SMILES string of the molecule is O=C(CNC(=O)Nc1ccc(F)cc1)N/N=C/c1ccccc1O. The molecule has 0 saturated carbocycles. The number of hydrazone groups is 1. The number of halogens is 1. The third-order valence-corrected chi connectivity index (χ3v) is 2.84. The van der Waals surface area contributed by atoms with Crippen LogP contribution >= 0.6 is 0 Å². The Balaban J connectivity index is 1.73. The van der Waals surface area contributed by atoms with E-state index < -0.39 is 17.8 Å². The lowest BCUT2D eigenvalue weighted by atomic mass is 10.2. The summed E-state index contributed by atoms with van der Waals surface area (Å²) < 4.78 is 12.7. The molecule has 2 aromatic rings. The number of phenols is 1. The number of hydrogen-bond donors (Lipinski definition) is 4. The number of amides is 3. The van der Waals surface area contributed by atoms with Crippen molar-refractivity contribution in [2.45, 2.75) is 0 Å². The molecule has 0 aromatic heterocycles. The number of anilines is 1. The monoisotopic (exact) mass is 330 g/mol. The molecular formula is C16H15FN4O3. The molecule has 0 aliphatic rings. The third kappa shape index (κ3) is 5.41. The van der Waals surface area contributed by atoms with E-state index in [9.17, 15) is 19.1 Å². The molecule has 0 atom stereocenters. The Morgan fingerprint density at radius 3 is 2.54 bits per heavy atom. The molecule has 0 bridgehead atoms. The number of urea groups is 1. The highest BCUT2D eigenvalue weighted by Gasteiger charge is 2.05. The van der Waals surface area contributed by atoms with Crippen molar-refractivity contribution in [3.8, 4) is 5.75 Å². The molecule has 0 heterocycles. The highest BCUT2D eigenvalue weighted by atomic mass is 19.1. The smallest absolute Gasteiger partial charge is 0.319 e. The topological polar surface area (TPSA) is 103 Å². The average molecular weight is 330 g/mol. The molecule has 3 amide bonds. The molecule has 4 N–H and O–H groups in total. The number of nitrogens with one attached hydrogen (secondary N) is 3. The van der Waals surface area contributed by atoms with Gasteiger partial charge in [0.15, 0.2) is 0 Å². The summed E-state index contributed by atoms with van der Waals surface area (Å²) in [6, 6.07) is 11.1. The Bertz CT molecular complexity index is 747. The Morgan fingerprint density at radius 1 is 1.12 bits per heavy atom. The van der Waals surface area contributed by atoms with Gasteiger partial charge in [-0.25, -0.2) is 14.6 Å². The second kappa shape index (κ2) is 8.28. The summed E-state index contributed by atoms with van der Waals surface area (Å²) in [4.78, 5) is 23.1. The first-order valence-corrected chi connectivity index (χ1v) is 6.95. The second-order valence-corrected chi connectivity index (χ2v) is 4.67. The van der Waals surface area contributed by atoms with Gasteiger partial charge in [0, 0.05) is 11.3 Å². The number of carbonyl (C=O) groups excluding carboxylic acids is 2. The summed E-state index contributed by atoms with van der Waals surface area (Å²) >= 11 is 0. The van der Waals surface area contributed by atoms with Crippen LogP contribution in [0.4, 0.5) is 14.9 Å². The van der Waals surface area contributed by atoms with Crippen molar-refractivity contribution in [3.05, 3.63) is 59.9 Å². The molecule has 2 rings (SSSR count). The molecular weight excluding hydrogens is 315 g/mol. The lowest BCUT2D eigenvalue weighted by molar-refractivity contribution is -0.120. The lowest BCUT2D eigenvalue weighted by Gasteiger charge is -2.06. The maximum Gasteiger partial charge on any atom is 0.319 e. The van der Waals surface area contributed by atoms with E-state index in [1.807, 2.05) is 0 Å². The quantitative estimate of drug-likeness (QED) is 0.496. The maximum atomic E-state index is 12.7. The van der Waals surface area contributed by atoms with Gasteiger partial charge in [-0.2, -0.15) is 5.10 Å². The first-order chi connectivity index (χ1) is 11.5. The first kappa shape index (κ1) is 16.9. The summed E-state index contributed by atoms with van der Waals surface area (Å²) in [5, 5.41) is 18.0. The molecule has 0 aliphatic heterocycles. The van der Waals surface area contributed by atoms with Crippen molar-refractivity contribution in [1.82, 2.24) is 10.7 Å². The van der Waals surface area contributed by atoms with Crippen molar-refractivity contribution >= 4 is 23.8 Å². The van der Waals surface area contributed by atoms with Crippen LogP contribution in [-0.2, 0) is 4.79 Å². The van der Waals surface area contributed by atoms with Gasteiger partial charge in [-0.3, -0.25) is 4.79 Å². The minimum absolute atomic E-state index is 0.0345. The molecule has 8 heteroatoms. The highest BCUT2D eigenvalue weighted by molar-refractivity contribution is 5.92. The standard InChI is InChI=1S/C16H15FN4O3/c17-12-5-7-13(8-6-12)20-16(24)18-10-15(23)21-19-9-11-3-1-2-4-14(11)22/h1-9,22H,10H2,(H,21,23)(H2,18,20,24)/b19-9+. The summed E-state index contributed by atoms with van der Waals surface area (Å²) in [6.45, 7) is -0.300. The average Bonchev–Trinajstić information content (AvgIpc) is 2.57. The van der Waals surface area contributed by atoms with E-state index in [0.29, 0.717) is 11.3 Å². The van der Waals surface area contributed by atoms with Gasteiger partial charge < -0.3 is 15.7 Å². The molecule has 0 saturated heterocycles. The number of aromatic hydroxyl groups is 1. The minimum atomic E-state index is -0.610. The molecule has 0 unspecified atom stereocenters. The molecule has 24 heavy (non-hydrogen) atoms. The fourth-order valence-corrected chi connectivity index (χ4v) is 1.68. The van der Waals surface area contributed by atoms with E-state index in [-0.39, 0.29) is 12.3 Å². The van der Waals surface area contributed by atoms with Crippen molar-refractivity contribution in [1.29, 1.82) is 0 Å².